The van der Waals surface area contributed by atoms with Crippen molar-refractivity contribution in [2.75, 3.05) is 14.2 Å². The van der Waals surface area contributed by atoms with E-state index in [9.17, 15) is 4.79 Å². The van der Waals surface area contributed by atoms with E-state index in [0.717, 1.165) is 49.1 Å². The highest BCUT2D eigenvalue weighted by atomic mass is 35.5. The lowest BCUT2D eigenvalue weighted by molar-refractivity contribution is -0.145. The van der Waals surface area contributed by atoms with E-state index in [0.29, 0.717) is 5.76 Å². The van der Waals surface area contributed by atoms with E-state index in [1.165, 1.54) is 7.11 Å². The second kappa shape index (κ2) is 9.50. The zero-order valence-electron chi connectivity index (χ0n) is 14.3. The maximum atomic E-state index is 10.7. The Balaban J connectivity index is 0.000000257. The molecule has 0 saturated heterocycles. The van der Waals surface area contributed by atoms with Gasteiger partial charge in [0.15, 0.2) is 0 Å². The molecule has 0 fully saturated rings. The van der Waals surface area contributed by atoms with Crippen molar-refractivity contribution in [1.82, 2.24) is 9.97 Å². The average Bonchev–Trinajstić information content (AvgIpc) is 3.01. The van der Waals surface area contributed by atoms with Gasteiger partial charge in [0.2, 0.25) is 5.28 Å². The van der Waals surface area contributed by atoms with Gasteiger partial charge in [0, 0.05) is 11.3 Å². The van der Waals surface area contributed by atoms with Crippen LogP contribution in [0, 0.1) is 5.92 Å². The zero-order valence-corrected chi connectivity index (χ0v) is 15.1. The molecule has 0 N–H and O–H groups in total. The molecule has 1 heterocycles. The third-order valence-corrected chi connectivity index (χ3v) is 3.91. The molecular weight excluding hydrogens is 316 g/mol. The van der Waals surface area contributed by atoms with Crippen molar-refractivity contribution in [2.24, 2.45) is 5.92 Å². The first-order valence-corrected chi connectivity index (χ1v) is 8.18. The fraction of sp³-hybridized carbons (Fsp3) is 0.588. The second-order valence-corrected chi connectivity index (χ2v) is 5.80. The monoisotopic (exact) mass is 340 g/mol. The SMILES string of the molecule is C=C(OC)c1nc(Cl)nc2c1CCC2.CCCC(C)C(=O)OC. The Morgan fingerprint density at radius 1 is 1.30 bits per heavy atom. The molecule has 1 aliphatic rings. The van der Waals surface area contributed by atoms with Crippen molar-refractivity contribution < 1.29 is 14.3 Å². The van der Waals surface area contributed by atoms with Crippen molar-refractivity contribution in [3.05, 3.63) is 28.8 Å². The maximum absolute atomic E-state index is 10.7. The van der Waals surface area contributed by atoms with E-state index in [1.54, 1.807) is 7.11 Å². The minimum absolute atomic E-state index is 0.0694. The summed E-state index contributed by atoms with van der Waals surface area (Å²) in [5.41, 5.74) is 2.94. The fourth-order valence-corrected chi connectivity index (χ4v) is 2.67. The van der Waals surface area contributed by atoms with Crippen molar-refractivity contribution >= 4 is 23.3 Å². The van der Waals surface area contributed by atoms with E-state index in [2.05, 4.69) is 28.2 Å². The first kappa shape index (κ1) is 19.4. The molecule has 1 aromatic rings. The second-order valence-electron chi connectivity index (χ2n) is 5.46. The summed E-state index contributed by atoms with van der Waals surface area (Å²) in [4.78, 5) is 19.0. The quantitative estimate of drug-likeness (QED) is 0.463. The lowest BCUT2D eigenvalue weighted by Crippen LogP contribution is -2.11. The highest BCUT2D eigenvalue weighted by molar-refractivity contribution is 6.28. The van der Waals surface area contributed by atoms with Crippen molar-refractivity contribution in [3.8, 4) is 0 Å². The van der Waals surface area contributed by atoms with Crippen LogP contribution in [-0.2, 0) is 27.1 Å². The molecular formula is C17H25ClN2O3. The van der Waals surface area contributed by atoms with Crippen LogP contribution >= 0.6 is 11.6 Å². The van der Waals surface area contributed by atoms with Gasteiger partial charge in [-0.2, -0.15) is 0 Å². The number of hydrogen-bond acceptors (Lipinski definition) is 5. The summed E-state index contributed by atoms with van der Waals surface area (Å²) in [5.74, 6) is 0.532. The van der Waals surface area contributed by atoms with Gasteiger partial charge in [-0.1, -0.05) is 26.8 Å². The fourth-order valence-electron chi connectivity index (χ4n) is 2.48. The summed E-state index contributed by atoms with van der Waals surface area (Å²) in [5, 5.41) is 0.277. The molecule has 0 amide bonds. The standard InChI is InChI=1S/C10H11ClN2O.C7H14O2/c1-6(14-2)9-7-4-3-5-8(7)12-10(11)13-9;1-4-5-6(2)7(8)9-3/h1,3-5H2,2H3;6H,4-5H2,1-3H3. The molecule has 1 unspecified atom stereocenters. The molecule has 23 heavy (non-hydrogen) atoms. The average molecular weight is 341 g/mol. The normalized spacial score (nSPS) is 13.4. The lowest BCUT2D eigenvalue weighted by atomic mass is 10.1. The number of aryl methyl sites for hydroxylation is 1. The first-order chi connectivity index (χ1) is 10.9. The third kappa shape index (κ3) is 5.50. The summed E-state index contributed by atoms with van der Waals surface area (Å²) in [6, 6.07) is 0. The smallest absolute Gasteiger partial charge is 0.308 e. The Morgan fingerprint density at radius 2 is 2.00 bits per heavy atom. The predicted molar refractivity (Wildman–Crippen MR) is 91.2 cm³/mol. The van der Waals surface area contributed by atoms with Gasteiger partial charge in [-0.05, 0) is 37.3 Å². The molecule has 0 radical (unpaired) electrons. The molecule has 0 saturated carbocycles. The largest absolute Gasteiger partial charge is 0.495 e. The Hall–Kier alpha value is -1.62. The van der Waals surface area contributed by atoms with Crippen LogP contribution in [-0.4, -0.2) is 30.2 Å². The molecule has 1 aliphatic carbocycles. The predicted octanol–water partition coefficient (Wildman–Crippen LogP) is 3.83. The van der Waals surface area contributed by atoms with E-state index in [4.69, 9.17) is 16.3 Å². The molecule has 1 atom stereocenters. The Labute approximate surface area is 143 Å². The van der Waals surface area contributed by atoms with E-state index in [-0.39, 0.29) is 17.2 Å². The number of nitrogens with zero attached hydrogens (tertiary/aromatic N) is 2. The van der Waals surface area contributed by atoms with E-state index in [1.807, 2.05) is 6.92 Å². The first-order valence-electron chi connectivity index (χ1n) is 7.80. The third-order valence-electron chi connectivity index (χ3n) is 3.74. The Morgan fingerprint density at radius 3 is 2.57 bits per heavy atom. The van der Waals surface area contributed by atoms with Crippen LogP contribution in [0.4, 0.5) is 0 Å². The molecule has 0 spiro atoms. The van der Waals surface area contributed by atoms with Crippen LogP contribution < -0.4 is 0 Å². The number of carbonyl (C=O) groups excluding carboxylic acids is 1. The molecule has 6 heteroatoms. The summed E-state index contributed by atoms with van der Waals surface area (Å²) >= 11 is 5.81. The van der Waals surface area contributed by atoms with Gasteiger partial charge in [-0.15, -0.1) is 0 Å². The van der Waals surface area contributed by atoms with Gasteiger partial charge in [0.25, 0.3) is 0 Å². The minimum atomic E-state index is -0.100. The number of rotatable bonds is 5. The summed E-state index contributed by atoms with van der Waals surface area (Å²) in [6.07, 6.45) is 5.03. The highest BCUT2D eigenvalue weighted by Gasteiger charge is 2.20. The highest BCUT2D eigenvalue weighted by Crippen LogP contribution is 2.27. The number of ether oxygens (including phenoxy) is 2. The number of hydrogen-bond donors (Lipinski definition) is 0. The number of carbonyl (C=O) groups is 1. The van der Waals surface area contributed by atoms with Gasteiger partial charge < -0.3 is 9.47 Å². The molecule has 0 aromatic carbocycles. The number of halogens is 1. The lowest BCUT2D eigenvalue weighted by Gasteiger charge is -2.08. The number of esters is 1. The number of fused-ring (bicyclic) bond motifs is 1. The molecule has 128 valence electrons. The van der Waals surface area contributed by atoms with Gasteiger partial charge in [0.1, 0.15) is 11.5 Å². The van der Waals surface area contributed by atoms with E-state index < -0.39 is 0 Å². The van der Waals surface area contributed by atoms with Crippen LogP contribution in [0.15, 0.2) is 6.58 Å². The van der Waals surface area contributed by atoms with Crippen LogP contribution in [0.3, 0.4) is 0 Å². The maximum Gasteiger partial charge on any atom is 0.308 e. The van der Waals surface area contributed by atoms with Crippen LogP contribution in [0.25, 0.3) is 5.76 Å². The van der Waals surface area contributed by atoms with Crippen LogP contribution in [0.5, 0.6) is 0 Å². The van der Waals surface area contributed by atoms with Crippen molar-refractivity contribution in [2.45, 2.75) is 46.0 Å². The number of aromatic nitrogens is 2. The van der Waals surface area contributed by atoms with Gasteiger partial charge in [-0.25, -0.2) is 9.97 Å². The van der Waals surface area contributed by atoms with Crippen LogP contribution in [0.1, 0.15) is 50.1 Å². The van der Waals surface area contributed by atoms with Crippen LogP contribution in [0.2, 0.25) is 5.28 Å². The van der Waals surface area contributed by atoms with Crippen molar-refractivity contribution in [3.63, 3.8) is 0 Å². The van der Waals surface area contributed by atoms with Gasteiger partial charge in [0.05, 0.1) is 20.1 Å². The molecule has 0 aliphatic heterocycles. The topological polar surface area (TPSA) is 61.3 Å². The Bertz CT molecular complexity index is 561. The minimum Gasteiger partial charge on any atom is -0.495 e. The molecule has 2 rings (SSSR count). The Kier molecular flexibility index (Phi) is 8.03. The molecule has 5 nitrogen and oxygen atoms in total. The molecule has 1 aromatic heterocycles. The molecule has 0 bridgehead atoms. The zero-order chi connectivity index (χ0) is 17.4. The van der Waals surface area contributed by atoms with Crippen molar-refractivity contribution in [1.29, 1.82) is 0 Å². The summed E-state index contributed by atoms with van der Waals surface area (Å²) in [7, 11) is 3.01. The summed E-state index contributed by atoms with van der Waals surface area (Å²) in [6.45, 7) is 7.73. The van der Waals surface area contributed by atoms with Gasteiger partial charge in [-0.3, -0.25) is 4.79 Å². The van der Waals surface area contributed by atoms with E-state index >= 15 is 0 Å². The summed E-state index contributed by atoms with van der Waals surface area (Å²) < 4.78 is 9.60. The number of methoxy groups -OCH3 is 2. The van der Waals surface area contributed by atoms with Gasteiger partial charge >= 0.3 is 5.97 Å².